The summed E-state index contributed by atoms with van der Waals surface area (Å²) in [7, 11) is 0. The van der Waals surface area contributed by atoms with Crippen LogP contribution >= 0.6 is 0 Å². The molecule has 0 aliphatic heterocycles. The molecule has 0 aliphatic carbocycles. The van der Waals surface area contributed by atoms with E-state index in [0.717, 1.165) is 0 Å². The molecule has 0 fully saturated rings. The van der Waals surface area contributed by atoms with Gasteiger partial charge in [0.1, 0.15) is 0 Å². The number of hydrogen-bond donors (Lipinski definition) is 0. The summed E-state index contributed by atoms with van der Waals surface area (Å²) in [5.41, 5.74) is 0. The summed E-state index contributed by atoms with van der Waals surface area (Å²) in [5.74, 6) is -59.2. The van der Waals surface area contributed by atoms with Crippen molar-refractivity contribution in [3.63, 3.8) is 0 Å². The van der Waals surface area contributed by atoms with E-state index < -0.39 is 70.9 Å². The van der Waals surface area contributed by atoms with Gasteiger partial charge in [-0.1, -0.05) is 11.1 Å². The minimum absolute atomic E-state index is 0. The second-order valence-corrected chi connectivity index (χ2v) is 6.42. The SMILES string of the molecule is O=S([O-])CCC(F)(F)C(F)(F)C(F)(F)C(F)(F)C(F)(F)C(F)(F)C(F)(F)C(F)(F)F.[Na+]. The Balaban J connectivity index is 0. The van der Waals surface area contributed by atoms with Crippen LogP contribution in [0.5, 0.6) is 0 Å². The molecule has 0 spiro atoms. The predicted molar refractivity (Wildman–Crippen MR) is 59.1 cm³/mol. The third kappa shape index (κ3) is 4.91. The molecule has 0 bridgehead atoms. The molecule has 0 aromatic carbocycles. The van der Waals surface area contributed by atoms with Crippen LogP contribution in [0, 0.1) is 0 Å². The van der Waals surface area contributed by atoms with Gasteiger partial charge in [-0.2, -0.15) is 74.6 Å². The first-order chi connectivity index (χ1) is 12.7. The zero-order valence-electron chi connectivity index (χ0n) is 14.1. The number of halogens is 17. The van der Waals surface area contributed by atoms with E-state index in [4.69, 9.17) is 0 Å². The summed E-state index contributed by atoms with van der Waals surface area (Å²) >= 11 is -3.74. The van der Waals surface area contributed by atoms with Gasteiger partial charge in [-0.15, -0.1) is 0 Å². The summed E-state index contributed by atoms with van der Waals surface area (Å²) in [4.78, 5) is 0. The van der Waals surface area contributed by atoms with Crippen LogP contribution in [0.15, 0.2) is 0 Å². The van der Waals surface area contributed by atoms with Crippen molar-refractivity contribution in [1.82, 2.24) is 0 Å². The normalized spacial score (nSPS) is 16.7. The molecule has 31 heavy (non-hydrogen) atoms. The fraction of sp³-hybridized carbons (Fsp3) is 1.00. The maximum atomic E-state index is 13.2. The number of rotatable bonds is 9. The fourth-order valence-corrected chi connectivity index (χ4v) is 1.99. The van der Waals surface area contributed by atoms with E-state index in [1.165, 1.54) is 0 Å². The van der Waals surface area contributed by atoms with Gasteiger partial charge >= 0.3 is 77.2 Å². The van der Waals surface area contributed by atoms with Gasteiger partial charge in [0.15, 0.2) is 0 Å². The van der Waals surface area contributed by atoms with Crippen LogP contribution in [0.3, 0.4) is 0 Å². The van der Waals surface area contributed by atoms with Crippen molar-refractivity contribution >= 4 is 11.1 Å². The standard InChI is InChI=1S/C10H5F17O2S.Na/c11-3(12,1-2-30(28)29)4(13,14)5(15,16)6(17,18)7(19,20)8(21,22)9(23,24)10(25,26)27;/h1-2H2,(H,28,29);/q;+1/p-1. The van der Waals surface area contributed by atoms with Crippen molar-refractivity contribution in [2.45, 2.75) is 54.1 Å². The molecular formula is C10H4F17NaO2S. The molecule has 0 N–H and O–H groups in total. The van der Waals surface area contributed by atoms with E-state index in [1.807, 2.05) is 0 Å². The summed E-state index contributed by atoms with van der Waals surface area (Å²) in [6, 6.07) is 0. The van der Waals surface area contributed by atoms with Crippen LogP contribution in [0.4, 0.5) is 74.6 Å². The first kappa shape index (κ1) is 33.1. The second kappa shape index (κ2) is 8.94. The van der Waals surface area contributed by atoms with Crippen LogP contribution < -0.4 is 29.6 Å². The van der Waals surface area contributed by atoms with Crippen LogP contribution in [0.25, 0.3) is 0 Å². The Morgan fingerprint density at radius 1 is 0.516 bits per heavy atom. The average molecular weight is 534 g/mol. The summed E-state index contributed by atoms with van der Waals surface area (Å²) < 4.78 is 238. The Morgan fingerprint density at radius 2 is 0.774 bits per heavy atom. The molecule has 0 aromatic heterocycles. The Hall–Kier alpha value is -0.0800. The minimum atomic E-state index is -8.69. The van der Waals surface area contributed by atoms with Crippen LogP contribution in [0.1, 0.15) is 6.42 Å². The van der Waals surface area contributed by atoms with Crippen molar-refractivity contribution in [3.8, 4) is 0 Å². The van der Waals surface area contributed by atoms with Crippen LogP contribution in [-0.4, -0.2) is 62.1 Å². The summed E-state index contributed by atoms with van der Waals surface area (Å²) in [6.07, 6.45) is -10.8. The van der Waals surface area contributed by atoms with E-state index in [9.17, 15) is 83.4 Å². The molecule has 21 heteroatoms. The van der Waals surface area contributed by atoms with Gasteiger partial charge in [0, 0.05) is 12.2 Å². The quantitative estimate of drug-likeness (QED) is 0.259. The second-order valence-electron chi connectivity index (χ2n) is 5.41. The predicted octanol–water partition coefficient (Wildman–Crippen LogP) is 2.27. The van der Waals surface area contributed by atoms with Crippen molar-refractivity contribution in [3.05, 3.63) is 0 Å². The van der Waals surface area contributed by atoms with E-state index in [2.05, 4.69) is 0 Å². The molecule has 0 rings (SSSR count). The van der Waals surface area contributed by atoms with Gasteiger partial charge < -0.3 is 4.55 Å². The first-order valence-corrected chi connectivity index (χ1v) is 7.68. The molecule has 0 saturated heterocycles. The third-order valence-electron chi connectivity index (χ3n) is 3.37. The molecule has 182 valence electrons. The van der Waals surface area contributed by atoms with Gasteiger partial charge in [-0.3, -0.25) is 4.21 Å². The molecule has 0 heterocycles. The molecule has 2 nitrogen and oxygen atoms in total. The molecule has 1 unspecified atom stereocenters. The smallest absolute Gasteiger partial charge is 0.772 e. The maximum Gasteiger partial charge on any atom is 1.00 e. The van der Waals surface area contributed by atoms with Crippen LogP contribution in [-0.2, 0) is 11.1 Å². The minimum Gasteiger partial charge on any atom is -0.772 e. The Bertz CT molecular complexity index is 658. The van der Waals surface area contributed by atoms with Crippen molar-refractivity contribution in [2.75, 3.05) is 5.75 Å². The molecular weight excluding hydrogens is 530 g/mol. The zero-order chi connectivity index (χ0) is 25.0. The largest absolute Gasteiger partial charge is 1.00 e. The molecule has 0 aliphatic rings. The van der Waals surface area contributed by atoms with Gasteiger partial charge in [-0.05, 0) is 0 Å². The van der Waals surface area contributed by atoms with E-state index in [0.29, 0.717) is 0 Å². The maximum absolute atomic E-state index is 13.2. The van der Waals surface area contributed by atoms with E-state index >= 15 is 0 Å². The average Bonchev–Trinajstić information content (AvgIpc) is 2.50. The van der Waals surface area contributed by atoms with Gasteiger partial charge in [-0.25, -0.2) is 0 Å². The Morgan fingerprint density at radius 3 is 1.03 bits per heavy atom. The summed E-state index contributed by atoms with van der Waals surface area (Å²) in [6.45, 7) is 0. The molecule has 0 amide bonds. The van der Waals surface area contributed by atoms with Gasteiger partial charge in [0.25, 0.3) is 0 Å². The van der Waals surface area contributed by atoms with E-state index in [-0.39, 0.29) is 29.6 Å². The zero-order valence-corrected chi connectivity index (χ0v) is 16.9. The van der Waals surface area contributed by atoms with Crippen molar-refractivity contribution in [2.24, 2.45) is 0 Å². The third-order valence-corrected chi connectivity index (χ3v) is 3.91. The Labute approximate surface area is 184 Å². The molecule has 1 atom stereocenters. The van der Waals surface area contributed by atoms with Crippen LogP contribution in [0.2, 0.25) is 0 Å². The van der Waals surface area contributed by atoms with E-state index in [1.54, 1.807) is 0 Å². The molecule has 0 radical (unpaired) electrons. The number of hydrogen-bond acceptors (Lipinski definition) is 2. The Kier molecular flexibility index (Phi) is 9.54. The monoisotopic (exact) mass is 534 g/mol. The molecule has 0 saturated carbocycles. The summed E-state index contributed by atoms with van der Waals surface area (Å²) in [5, 5.41) is 0. The van der Waals surface area contributed by atoms with Gasteiger partial charge in [0.2, 0.25) is 0 Å². The van der Waals surface area contributed by atoms with Crippen molar-refractivity contribution < 1.29 is 113 Å². The molecule has 0 aromatic rings. The first-order valence-electron chi connectivity index (χ1n) is 6.44. The number of alkyl halides is 17. The fourth-order valence-electron chi connectivity index (χ4n) is 1.56. The van der Waals surface area contributed by atoms with Gasteiger partial charge in [0.05, 0.1) is 0 Å². The topological polar surface area (TPSA) is 40.1 Å². The van der Waals surface area contributed by atoms with Crippen molar-refractivity contribution in [1.29, 1.82) is 0 Å².